The number of nitrogens with zero attached hydrogens (tertiary/aromatic N) is 3. The number of rotatable bonds is 8. The summed E-state index contributed by atoms with van der Waals surface area (Å²) in [5.41, 5.74) is 2.42. The molecule has 0 aliphatic heterocycles. The smallest absolute Gasteiger partial charge is 0.228 e. The lowest BCUT2D eigenvalue weighted by Crippen LogP contribution is -2.16. The first-order valence-corrected chi connectivity index (χ1v) is 8.63. The summed E-state index contributed by atoms with van der Waals surface area (Å²) in [5, 5.41) is 7.07. The maximum atomic E-state index is 12.6. The third kappa shape index (κ3) is 4.40. The molecule has 146 valence electrons. The molecule has 1 aromatic heterocycles. The third-order valence-corrected chi connectivity index (χ3v) is 4.18. The van der Waals surface area contributed by atoms with E-state index < -0.39 is 0 Å². The number of amides is 1. The minimum absolute atomic E-state index is 0.152. The molecule has 0 atom stereocenters. The Hall–Kier alpha value is -3.55. The highest BCUT2D eigenvalue weighted by Crippen LogP contribution is 2.38. The molecule has 0 bridgehead atoms. The van der Waals surface area contributed by atoms with Crippen molar-refractivity contribution >= 4 is 11.6 Å². The fourth-order valence-electron chi connectivity index (χ4n) is 2.89. The molecule has 0 aliphatic rings. The average Bonchev–Trinajstić information content (AvgIpc) is 3.21. The number of hydrogen-bond donors (Lipinski definition) is 1. The summed E-state index contributed by atoms with van der Waals surface area (Å²) in [6.07, 6.45) is 3.27. The van der Waals surface area contributed by atoms with Crippen LogP contribution in [0.3, 0.4) is 0 Å². The molecule has 0 fully saturated rings. The standard InChI is InChI=1S/C20H22N4O4/c1-26-17-8-14(9-18(27-2)20(17)28-3)10-19(25)23-16-7-5-4-6-15(16)11-24-13-21-12-22-24/h4-9,12-13H,10-11H2,1-3H3,(H,23,25). The first kappa shape index (κ1) is 19.2. The first-order chi connectivity index (χ1) is 13.6. The Morgan fingerprint density at radius 1 is 1.07 bits per heavy atom. The van der Waals surface area contributed by atoms with Gasteiger partial charge in [-0.25, -0.2) is 9.67 Å². The van der Waals surface area contributed by atoms with E-state index in [1.165, 1.54) is 6.33 Å². The van der Waals surface area contributed by atoms with Gasteiger partial charge in [-0.15, -0.1) is 0 Å². The Morgan fingerprint density at radius 3 is 2.39 bits per heavy atom. The summed E-state index contributed by atoms with van der Waals surface area (Å²) < 4.78 is 17.7. The highest BCUT2D eigenvalue weighted by molar-refractivity contribution is 5.93. The number of hydrogen-bond acceptors (Lipinski definition) is 6. The minimum Gasteiger partial charge on any atom is -0.493 e. The van der Waals surface area contributed by atoms with Crippen LogP contribution in [-0.4, -0.2) is 42.0 Å². The Kier molecular flexibility index (Phi) is 6.11. The van der Waals surface area contributed by atoms with Gasteiger partial charge in [0.05, 0.1) is 34.3 Å². The van der Waals surface area contributed by atoms with Gasteiger partial charge in [-0.2, -0.15) is 5.10 Å². The van der Waals surface area contributed by atoms with E-state index in [0.717, 1.165) is 16.8 Å². The zero-order chi connectivity index (χ0) is 19.9. The molecule has 0 saturated heterocycles. The first-order valence-electron chi connectivity index (χ1n) is 8.63. The summed E-state index contributed by atoms with van der Waals surface area (Å²) >= 11 is 0. The Morgan fingerprint density at radius 2 is 1.79 bits per heavy atom. The van der Waals surface area contributed by atoms with Crippen LogP contribution < -0.4 is 19.5 Å². The molecule has 8 heteroatoms. The molecule has 2 aromatic carbocycles. The van der Waals surface area contributed by atoms with E-state index >= 15 is 0 Å². The molecule has 1 amide bonds. The molecule has 1 heterocycles. The summed E-state index contributed by atoms with van der Waals surface area (Å²) in [6, 6.07) is 11.1. The second-order valence-electron chi connectivity index (χ2n) is 6.01. The summed E-state index contributed by atoms with van der Waals surface area (Å²) in [4.78, 5) is 16.6. The quantitative estimate of drug-likeness (QED) is 0.644. The topological polar surface area (TPSA) is 87.5 Å². The van der Waals surface area contributed by atoms with E-state index in [2.05, 4.69) is 15.4 Å². The Bertz CT molecular complexity index is 916. The minimum atomic E-state index is -0.152. The van der Waals surface area contributed by atoms with Crippen molar-refractivity contribution in [3.63, 3.8) is 0 Å². The van der Waals surface area contributed by atoms with Gasteiger partial charge < -0.3 is 19.5 Å². The molecule has 3 rings (SSSR count). The lowest BCUT2D eigenvalue weighted by molar-refractivity contribution is -0.115. The fourth-order valence-corrected chi connectivity index (χ4v) is 2.89. The van der Waals surface area contributed by atoms with Gasteiger partial charge in [0.25, 0.3) is 0 Å². The fraction of sp³-hybridized carbons (Fsp3) is 0.250. The monoisotopic (exact) mass is 382 g/mol. The van der Waals surface area contributed by atoms with Crippen LogP contribution in [0.4, 0.5) is 5.69 Å². The van der Waals surface area contributed by atoms with Crippen molar-refractivity contribution in [3.8, 4) is 17.2 Å². The second-order valence-corrected chi connectivity index (χ2v) is 6.01. The summed E-state index contributed by atoms with van der Waals surface area (Å²) in [7, 11) is 4.63. The van der Waals surface area contributed by atoms with Crippen LogP contribution in [0.15, 0.2) is 49.1 Å². The molecule has 0 spiro atoms. The Balaban J connectivity index is 1.76. The zero-order valence-electron chi connectivity index (χ0n) is 16.0. The van der Waals surface area contributed by atoms with Crippen LogP contribution in [0.25, 0.3) is 0 Å². The van der Waals surface area contributed by atoms with Crippen molar-refractivity contribution in [1.82, 2.24) is 14.8 Å². The highest BCUT2D eigenvalue weighted by atomic mass is 16.5. The molecule has 1 N–H and O–H groups in total. The van der Waals surface area contributed by atoms with Crippen molar-refractivity contribution in [3.05, 3.63) is 60.2 Å². The number of carbonyl (C=O) groups is 1. The molecule has 28 heavy (non-hydrogen) atoms. The molecule has 0 saturated carbocycles. The van der Waals surface area contributed by atoms with Crippen LogP contribution in [0.1, 0.15) is 11.1 Å². The van der Waals surface area contributed by atoms with Crippen LogP contribution in [0, 0.1) is 0 Å². The van der Waals surface area contributed by atoms with E-state index in [1.807, 2.05) is 24.3 Å². The second kappa shape index (κ2) is 8.90. The zero-order valence-corrected chi connectivity index (χ0v) is 16.0. The van der Waals surface area contributed by atoms with Crippen LogP contribution in [0.2, 0.25) is 0 Å². The van der Waals surface area contributed by atoms with Crippen molar-refractivity contribution in [2.24, 2.45) is 0 Å². The van der Waals surface area contributed by atoms with E-state index in [4.69, 9.17) is 14.2 Å². The van der Waals surface area contributed by atoms with Gasteiger partial charge >= 0.3 is 0 Å². The van der Waals surface area contributed by atoms with Crippen LogP contribution in [0.5, 0.6) is 17.2 Å². The molecule has 8 nitrogen and oxygen atoms in total. The summed E-state index contributed by atoms with van der Waals surface area (Å²) in [5.74, 6) is 1.36. The number of anilines is 1. The van der Waals surface area contributed by atoms with Crippen molar-refractivity contribution in [1.29, 1.82) is 0 Å². The largest absolute Gasteiger partial charge is 0.493 e. The number of benzene rings is 2. The van der Waals surface area contributed by atoms with Crippen molar-refractivity contribution < 1.29 is 19.0 Å². The van der Waals surface area contributed by atoms with Crippen molar-refractivity contribution in [2.45, 2.75) is 13.0 Å². The number of ether oxygens (including phenoxy) is 3. The summed E-state index contributed by atoms with van der Waals surface area (Å²) in [6.45, 7) is 0.515. The predicted octanol–water partition coefficient (Wildman–Crippen LogP) is 2.53. The molecular weight excluding hydrogens is 360 g/mol. The van der Waals surface area contributed by atoms with Crippen LogP contribution >= 0.6 is 0 Å². The maximum absolute atomic E-state index is 12.6. The molecular formula is C20H22N4O4. The average molecular weight is 382 g/mol. The molecule has 0 unspecified atom stereocenters. The number of aromatic nitrogens is 3. The van der Waals surface area contributed by atoms with E-state index in [-0.39, 0.29) is 12.3 Å². The van der Waals surface area contributed by atoms with Gasteiger partial charge in [-0.3, -0.25) is 4.79 Å². The van der Waals surface area contributed by atoms with E-state index in [9.17, 15) is 4.79 Å². The highest BCUT2D eigenvalue weighted by Gasteiger charge is 2.15. The normalized spacial score (nSPS) is 10.4. The Labute approximate surface area is 163 Å². The van der Waals surface area contributed by atoms with E-state index in [1.54, 1.807) is 44.5 Å². The number of carbonyl (C=O) groups excluding carboxylic acids is 1. The van der Waals surface area contributed by atoms with E-state index in [0.29, 0.717) is 23.8 Å². The van der Waals surface area contributed by atoms with Gasteiger partial charge in [-0.1, -0.05) is 18.2 Å². The SMILES string of the molecule is COc1cc(CC(=O)Nc2ccccc2Cn2cncn2)cc(OC)c1OC. The van der Waals surface area contributed by atoms with Gasteiger partial charge in [0.1, 0.15) is 12.7 Å². The third-order valence-electron chi connectivity index (χ3n) is 4.18. The van der Waals surface area contributed by atoms with Crippen LogP contribution in [-0.2, 0) is 17.8 Å². The molecule has 3 aromatic rings. The molecule has 0 aliphatic carbocycles. The number of methoxy groups -OCH3 is 3. The number of nitrogens with one attached hydrogen (secondary N) is 1. The van der Waals surface area contributed by atoms with Gasteiger partial charge in [0.2, 0.25) is 11.7 Å². The van der Waals surface area contributed by atoms with Crippen molar-refractivity contribution in [2.75, 3.05) is 26.6 Å². The van der Waals surface area contributed by atoms with Gasteiger partial charge in [0.15, 0.2) is 11.5 Å². The maximum Gasteiger partial charge on any atom is 0.228 e. The molecule has 0 radical (unpaired) electrons. The lowest BCUT2D eigenvalue weighted by atomic mass is 10.1. The number of para-hydroxylation sites is 1. The van der Waals surface area contributed by atoms with Gasteiger partial charge in [0, 0.05) is 5.69 Å². The predicted molar refractivity (Wildman–Crippen MR) is 104 cm³/mol. The van der Waals surface area contributed by atoms with Gasteiger partial charge in [-0.05, 0) is 29.3 Å². The lowest BCUT2D eigenvalue weighted by Gasteiger charge is -2.15.